The maximum Gasteiger partial charge on any atom is 0.258 e. The molecule has 6 nitrogen and oxygen atoms in total. The van der Waals surface area contributed by atoms with Crippen LogP contribution in [-0.2, 0) is 17.7 Å². The number of aryl methyl sites for hydroxylation is 1. The summed E-state index contributed by atoms with van der Waals surface area (Å²) in [5.74, 6) is 0.0752. The van der Waals surface area contributed by atoms with E-state index in [1.54, 1.807) is 0 Å². The Morgan fingerprint density at radius 1 is 1.10 bits per heavy atom. The molecular weight excluding hydrogens is 364 g/mol. The zero-order chi connectivity index (χ0) is 19.8. The molecule has 0 N–H and O–H groups in total. The number of morpholine rings is 1. The standard InChI is InChI=1S/C23H24N4O2/c1-16-2-3-17-4-5-18(25-19(17)14-16)7-9-27-15-20-22(23(27)28)21(6-8-24-20)26-10-12-29-13-11-26/h2-6,8,14H,7,9-13,15H2,1H3. The molecular formula is C23H24N4O2. The van der Waals surface area contributed by atoms with Crippen LogP contribution < -0.4 is 4.90 Å². The monoisotopic (exact) mass is 388 g/mol. The second kappa shape index (κ2) is 7.44. The number of rotatable bonds is 4. The van der Waals surface area contributed by atoms with Gasteiger partial charge >= 0.3 is 0 Å². The van der Waals surface area contributed by atoms with Gasteiger partial charge in [0.05, 0.1) is 42.2 Å². The molecule has 0 saturated carbocycles. The van der Waals surface area contributed by atoms with Crippen molar-refractivity contribution in [2.45, 2.75) is 19.9 Å². The van der Waals surface area contributed by atoms with Crippen LogP contribution >= 0.6 is 0 Å². The third kappa shape index (κ3) is 3.44. The number of aromatic nitrogens is 2. The predicted molar refractivity (Wildman–Crippen MR) is 112 cm³/mol. The molecule has 6 heteroatoms. The minimum absolute atomic E-state index is 0.0752. The summed E-state index contributed by atoms with van der Waals surface area (Å²) in [5.41, 5.74) is 5.85. The zero-order valence-electron chi connectivity index (χ0n) is 16.6. The van der Waals surface area contributed by atoms with Crippen molar-refractivity contribution < 1.29 is 9.53 Å². The highest BCUT2D eigenvalue weighted by Crippen LogP contribution is 2.30. The molecule has 1 saturated heterocycles. The Kier molecular flexibility index (Phi) is 4.64. The van der Waals surface area contributed by atoms with Crippen LogP contribution in [0, 0.1) is 6.92 Å². The number of pyridine rings is 2. The fourth-order valence-electron chi connectivity index (χ4n) is 4.16. The number of fused-ring (bicyclic) bond motifs is 2. The fraction of sp³-hybridized carbons (Fsp3) is 0.348. The van der Waals surface area contributed by atoms with Crippen molar-refractivity contribution >= 4 is 22.5 Å². The van der Waals surface area contributed by atoms with Crippen molar-refractivity contribution in [2.24, 2.45) is 0 Å². The fourth-order valence-corrected chi connectivity index (χ4v) is 4.16. The van der Waals surface area contributed by atoms with Crippen LogP contribution in [0.4, 0.5) is 5.69 Å². The first-order valence-electron chi connectivity index (χ1n) is 10.2. The van der Waals surface area contributed by atoms with Gasteiger partial charge in [-0.1, -0.05) is 18.2 Å². The first-order valence-corrected chi connectivity index (χ1v) is 10.2. The van der Waals surface area contributed by atoms with Gasteiger partial charge in [-0.2, -0.15) is 0 Å². The third-order valence-electron chi connectivity index (χ3n) is 5.74. The predicted octanol–water partition coefficient (Wildman–Crippen LogP) is 2.97. The van der Waals surface area contributed by atoms with Crippen LogP contribution in [0.5, 0.6) is 0 Å². The Morgan fingerprint density at radius 3 is 2.79 bits per heavy atom. The summed E-state index contributed by atoms with van der Waals surface area (Å²) >= 11 is 0. The normalized spacial score (nSPS) is 16.5. The molecule has 0 bridgehead atoms. The van der Waals surface area contributed by atoms with Crippen LogP contribution in [0.2, 0.25) is 0 Å². The van der Waals surface area contributed by atoms with Gasteiger partial charge in [0.1, 0.15) is 0 Å². The minimum atomic E-state index is 0.0752. The van der Waals surface area contributed by atoms with Crippen molar-refractivity contribution in [2.75, 3.05) is 37.7 Å². The van der Waals surface area contributed by atoms with E-state index >= 15 is 0 Å². The highest BCUT2D eigenvalue weighted by molar-refractivity contribution is 6.03. The quantitative estimate of drug-likeness (QED) is 0.688. The number of benzene rings is 1. The molecule has 5 rings (SSSR count). The van der Waals surface area contributed by atoms with Crippen molar-refractivity contribution in [1.82, 2.24) is 14.9 Å². The maximum atomic E-state index is 13.1. The molecule has 0 unspecified atom stereocenters. The van der Waals surface area contributed by atoms with Gasteiger partial charge < -0.3 is 14.5 Å². The van der Waals surface area contributed by atoms with E-state index in [9.17, 15) is 4.79 Å². The lowest BCUT2D eigenvalue weighted by Crippen LogP contribution is -2.37. The largest absolute Gasteiger partial charge is 0.378 e. The van der Waals surface area contributed by atoms with E-state index in [0.29, 0.717) is 26.3 Å². The molecule has 0 aliphatic carbocycles. The molecule has 2 aliphatic rings. The Morgan fingerprint density at radius 2 is 1.93 bits per heavy atom. The molecule has 148 valence electrons. The second-order valence-corrected chi connectivity index (χ2v) is 7.73. The first-order chi connectivity index (χ1) is 14.2. The van der Waals surface area contributed by atoms with Gasteiger partial charge in [-0.25, -0.2) is 0 Å². The number of nitrogens with zero attached hydrogens (tertiary/aromatic N) is 4. The lowest BCUT2D eigenvalue weighted by Gasteiger charge is -2.30. The molecule has 1 amide bonds. The van der Waals surface area contributed by atoms with E-state index in [1.807, 2.05) is 17.2 Å². The van der Waals surface area contributed by atoms with Crippen molar-refractivity contribution in [1.29, 1.82) is 0 Å². The van der Waals surface area contributed by atoms with Crippen molar-refractivity contribution in [3.8, 4) is 0 Å². The number of carbonyl (C=O) groups excluding carboxylic acids is 1. The summed E-state index contributed by atoms with van der Waals surface area (Å²) in [5, 5.41) is 1.14. The second-order valence-electron chi connectivity index (χ2n) is 7.73. The highest BCUT2D eigenvalue weighted by Gasteiger charge is 2.32. The Labute approximate surface area is 170 Å². The van der Waals surface area contributed by atoms with Crippen LogP contribution in [0.1, 0.15) is 27.3 Å². The van der Waals surface area contributed by atoms with Crippen LogP contribution in [0.15, 0.2) is 42.6 Å². The Bertz CT molecular complexity index is 1080. The summed E-state index contributed by atoms with van der Waals surface area (Å²) in [7, 11) is 0. The van der Waals surface area contributed by atoms with Gasteiger partial charge in [0.15, 0.2) is 0 Å². The Balaban J connectivity index is 1.33. The molecule has 3 aromatic rings. The summed E-state index contributed by atoms with van der Waals surface area (Å²) in [4.78, 5) is 26.5. The smallest absolute Gasteiger partial charge is 0.258 e. The average molecular weight is 388 g/mol. The van der Waals surface area contributed by atoms with E-state index in [4.69, 9.17) is 9.72 Å². The summed E-state index contributed by atoms with van der Waals surface area (Å²) in [6.07, 6.45) is 2.55. The number of amides is 1. The SMILES string of the molecule is Cc1ccc2ccc(CCN3Cc4nccc(N5CCOCC5)c4C3=O)nc2c1. The van der Waals surface area contributed by atoms with Crippen molar-refractivity contribution in [3.63, 3.8) is 0 Å². The first kappa shape index (κ1) is 18.1. The van der Waals surface area contributed by atoms with E-state index in [0.717, 1.165) is 53.1 Å². The number of carbonyl (C=O) groups is 1. The molecule has 1 fully saturated rings. The molecule has 2 aromatic heterocycles. The summed E-state index contributed by atoms with van der Waals surface area (Å²) in [6.45, 7) is 6.30. The number of hydrogen-bond donors (Lipinski definition) is 0. The molecule has 29 heavy (non-hydrogen) atoms. The van der Waals surface area contributed by atoms with Gasteiger partial charge in [-0.15, -0.1) is 0 Å². The van der Waals surface area contributed by atoms with E-state index < -0.39 is 0 Å². The lowest BCUT2D eigenvalue weighted by atomic mass is 10.1. The molecule has 0 radical (unpaired) electrons. The topological polar surface area (TPSA) is 58.6 Å². The van der Waals surface area contributed by atoms with Crippen LogP contribution in [0.3, 0.4) is 0 Å². The van der Waals surface area contributed by atoms with Crippen molar-refractivity contribution in [3.05, 3.63) is 65.1 Å². The lowest BCUT2D eigenvalue weighted by molar-refractivity contribution is 0.0779. The number of hydrogen-bond acceptors (Lipinski definition) is 5. The van der Waals surface area contributed by atoms with Gasteiger partial charge in [0.25, 0.3) is 5.91 Å². The molecule has 2 aliphatic heterocycles. The van der Waals surface area contributed by atoms with Gasteiger partial charge in [-0.3, -0.25) is 14.8 Å². The zero-order valence-corrected chi connectivity index (χ0v) is 16.6. The summed E-state index contributed by atoms with van der Waals surface area (Å²) < 4.78 is 5.45. The van der Waals surface area contributed by atoms with Gasteiger partial charge in [-0.05, 0) is 30.7 Å². The van der Waals surface area contributed by atoms with E-state index in [-0.39, 0.29) is 5.91 Å². The number of ether oxygens (including phenoxy) is 1. The van der Waals surface area contributed by atoms with E-state index in [2.05, 4.69) is 47.1 Å². The average Bonchev–Trinajstić information content (AvgIpc) is 3.08. The molecule has 4 heterocycles. The summed E-state index contributed by atoms with van der Waals surface area (Å²) in [6, 6.07) is 12.4. The van der Waals surface area contributed by atoms with Crippen LogP contribution in [0.25, 0.3) is 10.9 Å². The minimum Gasteiger partial charge on any atom is -0.378 e. The van der Waals surface area contributed by atoms with Crippen LogP contribution in [-0.4, -0.2) is 53.6 Å². The molecule has 1 aromatic carbocycles. The molecule has 0 atom stereocenters. The van der Waals surface area contributed by atoms with Gasteiger partial charge in [0, 0.05) is 43.3 Å². The molecule has 0 spiro atoms. The maximum absolute atomic E-state index is 13.1. The van der Waals surface area contributed by atoms with Gasteiger partial charge in [0.2, 0.25) is 0 Å². The third-order valence-corrected chi connectivity index (χ3v) is 5.74. The van der Waals surface area contributed by atoms with E-state index in [1.165, 1.54) is 5.56 Å². The number of anilines is 1. The Hall–Kier alpha value is -2.99. The highest BCUT2D eigenvalue weighted by atomic mass is 16.5.